The Kier molecular flexibility index (Phi) is 6.84. The quantitative estimate of drug-likeness (QED) is 0.646. The maximum absolute atomic E-state index is 11.7. The summed E-state index contributed by atoms with van der Waals surface area (Å²) in [5, 5.41) is 2.93. The Hall–Kier alpha value is -0.260. The zero-order valence-corrected chi connectivity index (χ0v) is 10.7. The largest absolute Gasteiger partial charge is 0.379 e. The van der Waals surface area contributed by atoms with E-state index in [2.05, 4.69) is 11.6 Å². The Bertz CT molecular complexity index is 214. The number of nitrogens with two attached hydrogens (primary N) is 1. The minimum absolute atomic E-state index is 0.0508. The molecule has 16 heavy (non-hydrogen) atoms. The molecule has 1 aliphatic heterocycles. The summed E-state index contributed by atoms with van der Waals surface area (Å²) >= 11 is 1.87. The van der Waals surface area contributed by atoms with E-state index in [9.17, 15) is 4.79 Å². The number of nitrogens with one attached hydrogen (secondary N) is 1. The summed E-state index contributed by atoms with van der Waals surface area (Å²) < 4.78 is 5.16. The minimum atomic E-state index is -0.147. The summed E-state index contributed by atoms with van der Waals surface area (Å²) in [6.07, 6.45) is 5.57. The number of hydrogen-bond donors (Lipinski definition) is 2. The monoisotopic (exact) mass is 246 g/mol. The van der Waals surface area contributed by atoms with Crippen molar-refractivity contribution in [2.75, 3.05) is 31.8 Å². The molecule has 3 N–H and O–H groups in total. The molecule has 0 bridgehead atoms. The van der Waals surface area contributed by atoms with E-state index < -0.39 is 0 Å². The van der Waals surface area contributed by atoms with E-state index in [1.54, 1.807) is 0 Å². The number of unbranched alkanes of at least 4 members (excludes halogenated alkanes) is 2. The molecule has 0 saturated carbocycles. The standard InChI is InChI=1S/C11H22N2O2S/c1-16-6-4-2-3-5-13-11(14)9-7-15-8-10(9)12/h9-10H,2-8,12H2,1H3,(H,13,14). The van der Waals surface area contributed by atoms with Crippen LogP contribution in [0.25, 0.3) is 0 Å². The number of carbonyl (C=O) groups is 1. The highest BCUT2D eigenvalue weighted by Crippen LogP contribution is 2.11. The smallest absolute Gasteiger partial charge is 0.227 e. The lowest BCUT2D eigenvalue weighted by Gasteiger charge is -2.13. The van der Waals surface area contributed by atoms with Crippen LogP contribution in [0.4, 0.5) is 0 Å². The second-order valence-corrected chi connectivity index (χ2v) is 5.14. The second-order valence-electron chi connectivity index (χ2n) is 4.15. The maximum Gasteiger partial charge on any atom is 0.227 e. The van der Waals surface area contributed by atoms with Gasteiger partial charge in [0.15, 0.2) is 0 Å². The number of rotatable bonds is 7. The molecule has 94 valence electrons. The molecule has 2 unspecified atom stereocenters. The van der Waals surface area contributed by atoms with Gasteiger partial charge in [-0.2, -0.15) is 11.8 Å². The maximum atomic E-state index is 11.7. The molecule has 4 nitrogen and oxygen atoms in total. The lowest BCUT2D eigenvalue weighted by Crippen LogP contribution is -2.41. The van der Waals surface area contributed by atoms with Crippen molar-refractivity contribution in [1.82, 2.24) is 5.32 Å². The summed E-state index contributed by atoms with van der Waals surface area (Å²) in [4.78, 5) is 11.7. The van der Waals surface area contributed by atoms with Crippen LogP contribution in [0, 0.1) is 5.92 Å². The van der Waals surface area contributed by atoms with Crippen LogP contribution in [0.5, 0.6) is 0 Å². The van der Waals surface area contributed by atoms with Gasteiger partial charge in [0.05, 0.1) is 19.1 Å². The summed E-state index contributed by atoms with van der Waals surface area (Å²) in [7, 11) is 0. The molecular formula is C11H22N2O2S. The lowest BCUT2D eigenvalue weighted by molar-refractivity contribution is -0.125. The van der Waals surface area contributed by atoms with E-state index in [0.29, 0.717) is 13.2 Å². The molecule has 1 fully saturated rings. The molecule has 2 atom stereocenters. The van der Waals surface area contributed by atoms with Crippen molar-refractivity contribution in [2.24, 2.45) is 11.7 Å². The Morgan fingerprint density at radius 1 is 1.44 bits per heavy atom. The minimum Gasteiger partial charge on any atom is -0.379 e. The van der Waals surface area contributed by atoms with E-state index >= 15 is 0 Å². The number of thioether (sulfide) groups is 1. The van der Waals surface area contributed by atoms with Gasteiger partial charge in [0, 0.05) is 12.6 Å². The summed E-state index contributed by atoms with van der Waals surface area (Å²) in [5.74, 6) is 1.11. The molecule has 1 amide bonds. The predicted octanol–water partition coefficient (Wildman–Crippen LogP) is 0.610. The second kappa shape index (κ2) is 7.92. The molecule has 0 aromatic carbocycles. The van der Waals surface area contributed by atoms with Crippen LogP contribution in [0.3, 0.4) is 0 Å². The Balaban J connectivity index is 2.02. The molecule has 0 radical (unpaired) electrons. The SMILES string of the molecule is CSCCCCCNC(=O)C1COCC1N. The van der Waals surface area contributed by atoms with Crippen LogP contribution in [-0.4, -0.2) is 43.7 Å². The Labute approximate surface area is 102 Å². The molecule has 1 saturated heterocycles. The van der Waals surface area contributed by atoms with Crippen LogP contribution in [0.15, 0.2) is 0 Å². The molecule has 0 aliphatic carbocycles. The molecule has 0 spiro atoms. The Morgan fingerprint density at radius 3 is 2.88 bits per heavy atom. The predicted molar refractivity (Wildman–Crippen MR) is 67.5 cm³/mol. The van der Waals surface area contributed by atoms with Crippen LogP contribution in [0.1, 0.15) is 19.3 Å². The Morgan fingerprint density at radius 2 is 2.25 bits per heavy atom. The van der Waals surface area contributed by atoms with Gasteiger partial charge in [-0.3, -0.25) is 4.79 Å². The van der Waals surface area contributed by atoms with Gasteiger partial charge in [-0.25, -0.2) is 0 Å². The number of ether oxygens (including phenoxy) is 1. The van der Waals surface area contributed by atoms with Gasteiger partial charge in [0.1, 0.15) is 0 Å². The first-order chi connectivity index (χ1) is 7.75. The van der Waals surface area contributed by atoms with Crippen molar-refractivity contribution in [1.29, 1.82) is 0 Å². The van der Waals surface area contributed by atoms with Crippen molar-refractivity contribution < 1.29 is 9.53 Å². The van der Waals surface area contributed by atoms with Crippen molar-refractivity contribution in [3.05, 3.63) is 0 Å². The van der Waals surface area contributed by atoms with Gasteiger partial charge >= 0.3 is 0 Å². The third-order valence-electron chi connectivity index (χ3n) is 2.79. The molecular weight excluding hydrogens is 224 g/mol. The number of amides is 1. The molecule has 1 aliphatic rings. The van der Waals surface area contributed by atoms with Crippen molar-refractivity contribution in [3.8, 4) is 0 Å². The summed E-state index contributed by atoms with van der Waals surface area (Å²) in [6, 6.07) is -0.128. The third kappa shape index (κ3) is 4.72. The fourth-order valence-electron chi connectivity index (χ4n) is 1.73. The zero-order chi connectivity index (χ0) is 11.8. The van der Waals surface area contributed by atoms with E-state index in [4.69, 9.17) is 10.5 Å². The topological polar surface area (TPSA) is 64.3 Å². The average Bonchev–Trinajstić information content (AvgIpc) is 2.69. The van der Waals surface area contributed by atoms with Crippen LogP contribution in [-0.2, 0) is 9.53 Å². The summed E-state index contributed by atoms with van der Waals surface area (Å²) in [5.41, 5.74) is 5.76. The van der Waals surface area contributed by atoms with E-state index in [0.717, 1.165) is 13.0 Å². The first-order valence-corrected chi connectivity index (χ1v) is 7.25. The van der Waals surface area contributed by atoms with Crippen LogP contribution in [0.2, 0.25) is 0 Å². The van der Waals surface area contributed by atoms with Gasteiger partial charge in [-0.15, -0.1) is 0 Å². The lowest BCUT2D eigenvalue weighted by atomic mass is 10.0. The highest BCUT2D eigenvalue weighted by atomic mass is 32.2. The third-order valence-corrected chi connectivity index (χ3v) is 3.48. The first-order valence-electron chi connectivity index (χ1n) is 5.85. The van der Waals surface area contributed by atoms with E-state index in [1.165, 1.54) is 18.6 Å². The fourth-order valence-corrected chi connectivity index (χ4v) is 2.22. The van der Waals surface area contributed by atoms with Gasteiger partial charge in [0.2, 0.25) is 5.91 Å². The van der Waals surface area contributed by atoms with Gasteiger partial charge < -0.3 is 15.8 Å². The molecule has 1 rings (SSSR count). The first kappa shape index (κ1) is 13.8. The molecule has 0 aromatic heterocycles. The van der Waals surface area contributed by atoms with Crippen molar-refractivity contribution in [3.63, 3.8) is 0 Å². The number of hydrogen-bond acceptors (Lipinski definition) is 4. The van der Waals surface area contributed by atoms with Gasteiger partial charge in [-0.1, -0.05) is 6.42 Å². The normalized spacial score (nSPS) is 24.6. The fraction of sp³-hybridized carbons (Fsp3) is 0.909. The average molecular weight is 246 g/mol. The van der Waals surface area contributed by atoms with Crippen molar-refractivity contribution in [2.45, 2.75) is 25.3 Å². The van der Waals surface area contributed by atoms with Gasteiger partial charge in [-0.05, 0) is 24.9 Å². The highest BCUT2D eigenvalue weighted by Gasteiger charge is 2.30. The van der Waals surface area contributed by atoms with E-state index in [-0.39, 0.29) is 17.9 Å². The van der Waals surface area contributed by atoms with Crippen LogP contribution >= 0.6 is 11.8 Å². The molecule has 0 aromatic rings. The van der Waals surface area contributed by atoms with E-state index in [1.807, 2.05) is 11.8 Å². The van der Waals surface area contributed by atoms with Crippen molar-refractivity contribution >= 4 is 17.7 Å². The summed E-state index contributed by atoms with van der Waals surface area (Å²) in [6.45, 7) is 1.74. The molecule has 1 heterocycles. The zero-order valence-electron chi connectivity index (χ0n) is 9.91. The number of carbonyl (C=O) groups excluding carboxylic acids is 1. The van der Waals surface area contributed by atoms with Gasteiger partial charge in [0.25, 0.3) is 0 Å². The van der Waals surface area contributed by atoms with Crippen LogP contribution < -0.4 is 11.1 Å². The highest BCUT2D eigenvalue weighted by molar-refractivity contribution is 7.98. The molecule has 5 heteroatoms.